The van der Waals surface area contributed by atoms with Crippen molar-refractivity contribution in [3.05, 3.63) is 0 Å². The molecule has 1 aliphatic heterocycles. The van der Waals surface area contributed by atoms with Crippen LogP contribution in [-0.2, 0) is 9.59 Å². The van der Waals surface area contributed by atoms with Gasteiger partial charge in [0.25, 0.3) is 0 Å². The van der Waals surface area contributed by atoms with Crippen LogP contribution in [0.15, 0.2) is 0 Å². The Balaban J connectivity index is 2.56. The molecule has 2 unspecified atom stereocenters. The summed E-state index contributed by atoms with van der Waals surface area (Å²) >= 11 is 1.86. The van der Waals surface area contributed by atoms with Gasteiger partial charge in [-0.2, -0.15) is 11.8 Å². The van der Waals surface area contributed by atoms with Crippen molar-refractivity contribution in [2.24, 2.45) is 0 Å². The molecule has 0 aliphatic carbocycles. The first kappa shape index (κ1) is 17.3. The largest absolute Gasteiger partial charge is 0.343 e. The third-order valence-corrected chi connectivity index (χ3v) is 4.48. The molecule has 2 atom stereocenters. The summed E-state index contributed by atoms with van der Waals surface area (Å²) in [5.41, 5.74) is 0. The molecular formula is C15H28N2O2S. The highest BCUT2D eigenvalue weighted by molar-refractivity contribution is 7.98. The fourth-order valence-corrected chi connectivity index (χ4v) is 3.18. The molecule has 4 nitrogen and oxygen atoms in total. The minimum Gasteiger partial charge on any atom is -0.343 e. The van der Waals surface area contributed by atoms with E-state index in [9.17, 15) is 9.59 Å². The van der Waals surface area contributed by atoms with Gasteiger partial charge in [0.05, 0.1) is 0 Å². The molecule has 0 aromatic heterocycles. The molecule has 1 saturated heterocycles. The number of rotatable bonds is 9. The van der Waals surface area contributed by atoms with E-state index in [1.54, 1.807) is 0 Å². The predicted octanol–water partition coefficient (Wildman–Crippen LogP) is 2.43. The van der Waals surface area contributed by atoms with Crippen LogP contribution in [0, 0.1) is 0 Å². The number of nitrogens with zero attached hydrogens (tertiary/aromatic N) is 1. The van der Waals surface area contributed by atoms with Gasteiger partial charge in [-0.1, -0.05) is 26.7 Å². The molecular weight excluding hydrogens is 272 g/mol. The smallest absolute Gasteiger partial charge is 0.245 e. The fraction of sp³-hybridized carbons (Fsp3) is 0.867. The molecule has 20 heavy (non-hydrogen) atoms. The van der Waals surface area contributed by atoms with Crippen LogP contribution < -0.4 is 5.32 Å². The van der Waals surface area contributed by atoms with Crippen molar-refractivity contribution in [2.45, 2.75) is 64.5 Å². The highest BCUT2D eigenvalue weighted by Crippen LogP contribution is 2.17. The summed E-state index contributed by atoms with van der Waals surface area (Å²) in [5, 5.41) is 2.88. The average Bonchev–Trinajstić information content (AvgIpc) is 2.43. The SMILES string of the molecule is CCCC1NC(=O)C(CC)N(CCCCCSC)C1=O. The Morgan fingerprint density at radius 1 is 1.20 bits per heavy atom. The maximum atomic E-state index is 12.5. The molecule has 1 heterocycles. The third-order valence-electron chi connectivity index (χ3n) is 3.79. The first-order valence-corrected chi connectivity index (χ1v) is 9.14. The van der Waals surface area contributed by atoms with Crippen molar-refractivity contribution in [1.29, 1.82) is 0 Å². The first-order chi connectivity index (χ1) is 9.65. The van der Waals surface area contributed by atoms with Crippen molar-refractivity contribution in [3.8, 4) is 0 Å². The van der Waals surface area contributed by atoms with Crippen molar-refractivity contribution in [2.75, 3.05) is 18.6 Å². The average molecular weight is 300 g/mol. The van der Waals surface area contributed by atoms with Gasteiger partial charge in [0.1, 0.15) is 12.1 Å². The number of piperazine rings is 1. The Morgan fingerprint density at radius 2 is 1.95 bits per heavy atom. The Bertz CT molecular complexity index is 323. The number of amides is 2. The van der Waals surface area contributed by atoms with Gasteiger partial charge in [-0.3, -0.25) is 9.59 Å². The molecule has 116 valence electrons. The second-order valence-corrected chi connectivity index (χ2v) is 6.34. The quantitative estimate of drug-likeness (QED) is 0.665. The lowest BCUT2D eigenvalue weighted by Gasteiger charge is -2.38. The topological polar surface area (TPSA) is 49.4 Å². The number of unbranched alkanes of at least 4 members (excludes halogenated alkanes) is 2. The molecule has 5 heteroatoms. The van der Waals surface area contributed by atoms with Crippen LogP contribution in [0.3, 0.4) is 0 Å². The third kappa shape index (κ3) is 4.69. The summed E-state index contributed by atoms with van der Waals surface area (Å²) in [5.74, 6) is 1.31. The van der Waals surface area contributed by atoms with Crippen molar-refractivity contribution >= 4 is 23.6 Å². The van der Waals surface area contributed by atoms with Gasteiger partial charge in [-0.25, -0.2) is 0 Å². The Labute approximate surface area is 127 Å². The standard InChI is InChI=1S/C15H28N2O2S/c1-4-9-12-15(19)17(10-7-6-8-11-20-3)13(5-2)14(18)16-12/h12-13H,4-11H2,1-3H3,(H,16,18). The molecule has 2 amide bonds. The minimum atomic E-state index is -0.304. The molecule has 0 radical (unpaired) electrons. The van der Waals surface area contributed by atoms with Crippen LogP contribution in [0.25, 0.3) is 0 Å². The van der Waals surface area contributed by atoms with Gasteiger partial charge < -0.3 is 10.2 Å². The zero-order valence-electron chi connectivity index (χ0n) is 13.0. The van der Waals surface area contributed by atoms with E-state index in [0.29, 0.717) is 6.42 Å². The molecule has 0 saturated carbocycles. The van der Waals surface area contributed by atoms with Crippen LogP contribution in [0.2, 0.25) is 0 Å². The predicted molar refractivity (Wildman–Crippen MR) is 84.9 cm³/mol. The number of nitrogens with one attached hydrogen (secondary N) is 1. The lowest BCUT2D eigenvalue weighted by molar-refractivity contribution is -0.149. The van der Waals surface area contributed by atoms with Crippen LogP contribution in [0.4, 0.5) is 0 Å². The lowest BCUT2D eigenvalue weighted by atomic mass is 10.0. The zero-order chi connectivity index (χ0) is 15.0. The van der Waals surface area contributed by atoms with E-state index in [4.69, 9.17) is 0 Å². The van der Waals surface area contributed by atoms with Gasteiger partial charge in [0.15, 0.2) is 0 Å². The van der Waals surface area contributed by atoms with Crippen LogP contribution in [0.1, 0.15) is 52.4 Å². The van der Waals surface area contributed by atoms with Gasteiger partial charge in [-0.05, 0) is 37.7 Å². The summed E-state index contributed by atoms with van der Waals surface area (Å²) < 4.78 is 0. The van der Waals surface area contributed by atoms with E-state index in [-0.39, 0.29) is 23.9 Å². The molecule has 0 aromatic rings. The second kappa shape index (κ2) is 9.27. The number of hydrogen-bond acceptors (Lipinski definition) is 3. The first-order valence-electron chi connectivity index (χ1n) is 7.75. The minimum absolute atomic E-state index is 0.0228. The normalized spacial score (nSPS) is 23.1. The van der Waals surface area contributed by atoms with Crippen molar-refractivity contribution < 1.29 is 9.59 Å². The monoisotopic (exact) mass is 300 g/mol. The maximum absolute atomic E-state index is 12.5. The van der Waals surface area contributed by atoms with E-state index in [1.807, 2.05) is 30.5 Å². The molecule has 0 bridgehead atoms. The van der Waals surface area contributed by atoms with Gasteiger partial charge in [0.2, 0.25) is 11.8 Å². The summed E-state index contributed by atoms with van der Waals surface area (Å²) in [6.07, 6.45) is 7.77. The molecule has 0 spiro atoms. The summed E-state index contributed by atoms with van der Waals surface area (Å²) in [6, 6.07) is -0.572. The van der Waals surface area contributed by atoms with Gasteiger partial charge in [-0.15, -0.1) is 0 Å². The summed E-state index contributed by atoms with van der Waals surface area (Å²) in [7, 11) is 0. The van der Waals surface area contributed by atoms with Crippen molar-refractivity contribution in [1.82, 2.24) is 10.2 Å². The van der Waals surface area contributed by atoms with E-state index >= 15 is 0 Å². The number of thioether (sulfide) groups is 1. The highest BCUT2D eigenvalue weighted by Gasteiger charge is 2.38. The van der Waals surface area contributed by atoms with Gasteiger partial charge >= 0.3 is 0 Å². The molecule has 0 aromatic carbocycles. The Hall–Kier alpha value is -0.710. The lowest BCUT2D eigenvalue weighted by Crippen LogP contribution is -2.63. The van der Waals surface area contributed by atoms with E-state index in [0.717, 1.165) is 32.2 Å². The zero-order valence-corrected chi connectivity index (χ0v) is 13.8. The summed E-state index contributed by atoms with van der Waals surface area (Å²) in [6.45, 7) is 4.73. The maximum Gasteiger partial charge on any atom is 0.245 e. The van der Waals surface area contributed by atoms with E-state index in [1.165, 1.54) is 12.2 Å². The number of carbonyl (C=O) groups excluding carboxylic acids is 2. The summed E-state index contributed by atoms with van der Waals surface area (Å²) in [4.78, 5) is 26.4. The number of hydrogen-bond donors (Lipinski definition) is 1. The molecule has 1 rings (SSSR count). The molecule has 1 aliphatic rings. The van der Waals surface area contributed by atoms with E-state index in [2.05, 4.69) is 11.6 Å². The molecule has 1 N–H and O–H groups in total. The van der Waals surface area contributed by atoms with E-state index < -0.39 is 0 Å². The fourth-order valence-electron chi connectivity index (χ4n) is 2.69. The number of carbonyl (C=O) groups is 2. The Kier molecular flexibility index (Phi) is 8.04. The van der Waals surface area contributed by atoms with Crippen LogP contribution in [0.5, 0.6) is 0 Å². The molecule has 1 fully saturated rings. The Morgan fingerprint density at radius 3 is 2.55 bits per heavy atom. The van der Waals surface area contributed by atoms with Gasteiger partial charge in [0, 0.05) is 6.54 Å². The van der Waals surface area contributed by atoms with Crippen LogP contribution in [-0.4, -0.2) is 47.4 Å². The second-order valence-electron chi connectivity index (χ2n) is 5.36. The van der Waals surface area contributed by atoms with Crippen molar-refractivity contribution in [3.63, 3.8) is 0 Å². The highest BCUT2D eigenvalue weighted by atomic mass is 32.2. The van der Waals surface area contributed by atoms with Crippen LogP contribution >= 0.6 is 11.8 Å².